The third-order valence-electron chi connectivity index (χ3n) is 2.35. The number of rotatable bonds is 3. The Hall–Kier alpha value is 0.700. The van der Waals surface area contributed by atoms with Gasteiger partial charge in [0, 0.05) is 0 Å². The first-order valence-corrected chi connectivity index (χ1v) is 5.46. The van der Waals surface area contributed by atoms with Crippen molar-refractivity contribution in [2.75, 3.05) is 0 Å². The highest BCUT2D eigenvalue weighted by atomic mass is 79.9. The summed E-state index contributed by atoms with van der Waals surface area (Å²) < 4.78 is 1.05. The lowest BCUT2D eigenvalue weighted by Crippen LogP contribution is -2.17. The van der Waals surface area contributed by atoms with Crippen molar-refractivity contribution in [3.8, 4) is 0 Å². The molecule has 0 aliphatic rings. The van der Waals surface area contributed by atoms with Gasteiger partial charge in [-0.2, -0.15) is 0 Å². The molecule has 0 aliphatic heterocycles. The first-order chi connectivity index (χ1) is 4.86. The van der Waals surface area contributed by atoms with Crippen LogP contribution in [0.15, 0.2) is 9.47 Å². The molecule has 0 radical (unpaired) electrons. The SMILES string of the molecule is CC(C)C(C)(C)CC=C(Br)Br. The van der Waals surface area contributed by atoms with Crippen molar-refractivity contribution in [3.63, 3.8) is 0 Å². The van der Waals surface area contributed by atoms with E-state index in [1.807, 2.05) is 0 Å². The molecule has 0 aromatic rings. The maximum atomic E-state index is 3.35. The smallest absolute Gasteiger partial charge is 0.0564 e. The van der Waals surface area contributed by atoms with Crippen LogP contribution in [0, 0.1) is 11.3 Å². The van der Waals surface area contributed by atoms with Crippen molar-refractivity contribution in [1.82, 2.24) is 0 Å². The first-order valence-electron chi connectivity index (χ1n) is 3.87. The van der Waals surface area contributed by atoms with E-state index < -0.39 is 0 Å². The zero-order valence-electron chi connectivity index (χ0n) is 7.62. The topological polar surface area (TPSA) is 0 Å². The number of hydrogen-bond acceptors (Lipinski definition) is 0. The second kappa shape index (κ2) is 4.66. The minimum Gasteiger partial charge on any atom is -0.0627 e. The van der Waals surface area contributed by atoms with Gasteiger partial charge in [0.15, 0.2) is 0 Å². The van der Waals surface area contributed by atoms with Gasteiger partial charge in [0.25, 0.3) is 0 Å². The second-order valence-electron chi connectivity index (χ2n) is 3.84. The van der Waals surface area contributed by atoms with E-state index in [0.29, 0.717) is 5.41 Å². The zero-order valence-corrected chi connectivity index (χ0v) is 10.8. The van der Waals surface area contributed by atoms with Crippen LogP contribution in [-0.2, 0) is 0 Å². The van der Waals surface area contributed by atoms with Crippen LogP contribution in [0.3, 0.4) is 0 Å². The summed E-state index contributed by atoms with van der Waals surface area (Å²) in [5, 5.41) is 0. The highest BCUT2D eigenvalue weighted by Crippen LogP contribution is 2.32. The monoisotopic (exact) mass is 282 g/mol. The van der Waals surface area contributed by atoms with Crippen molar-refractivity contribution >= 4 is 31.9 Å². The van der Waals surface area contributed by atoms with Gasteiger partial charge in [0.2, 0.25) is 0 Å². The van der Waals surface area contributed by atoms with E-state index >= 15 is 0 Å². The Bertz CT molecular complexity index is 142. The average molecular weight is 284 g/mol. The molecule has 0 saturated carbocycles. The molecule has 0 aromatic heterocycles. The zero-order chi connectivity index (χ0) is 9.07. The summed E-state index contributed by atoms with van der Waals surface area (Å²) in [7, 11) is 0. The molecule has 0 fully saturated rings. The highest BCUT2D eigenvalue weighted by Gasteiger charge is 2.20. The lowest BCUT2D eigenvalue weighted by molar-refractivity contribution is 0.253. The Kier molecular flexibility index (Phi) is 4.96. The molecule has 0 nitrogen and oxygen atoms in total. The Morgan fingerprint density at radius 1 is 1.36 bits per heavy atom. The molecule has 0 heterocycles. The van der Waals surface area contributed by atoms with Crippen LogP contribution in [0.25, 0.3) is 0 Å². The van der Waals surface area contributed by atoms with Gasteiger partial charge in [-0.1, -0.05) is 33.8 Å². The molecule has 0 aromatic carbocycles. The van der Waals surface area contributed by atoms with Crippen molar-refractivity contribution in [2.24, 2.45) is 11.3 Å². The normalized spacial score (nSPS) is 11.9. The Morgan fingerprint density at radius 2 is 1.82 bits per heavy atom. The molecule has 0 amide bonds. The van der Waals surface area contributed by atoms with E-state index in [1.54, 1.807) is 0 Å². The van der Waals surface area contributed by atoms with Gasteiger partial charge in [0.1, 0.15) is 0 Å². The molecule has 0 atom stereocenters. The van der Waals surface area contributed by atoms with E-state index in [2.05, 4.69) is 65.6 Å². The van der Waals surface area contributed by atoms with Crippen LogP contribution in [0.5, 0.6) is 0 Å². The fourth-order valence-corrected chi connectivity index (χ4v) is 0.900. The van der Waals surface area contributed by atoms with Gasteiger partial charge >= 0.3 is 0 Å². The number of halogens is 2. The van der Waals surface area contributed by atoms with Gasteiger partial charge in [0.05, 0.1) is 3.39 Å². The second-order valence-corrected chi connectivity index (χ2v) is 6.61. The largest absolute Gasteiger partial charge is 0.0627 e. The van der Waals surface area contributed by atoms with Gasteiger partial charge in [-0.25, -0.2) is 0 Å². The van der Waals surface area contributed by atoms with E-state index in [9.17, 15) is 0 Å². The molecular formula is C9H16Br2. The van der Waals surface area contributed by atoms with Crippen LogP contribution in [0.2, 0.25) is 0 Å². The summed E-state index contributed by atoms with van der Waals surface area (Å²) in [5.41, 5.74) is 0.396. The minimum absolute atomic E-state index is 0.396. The lowest BCUT2D eigenvalue weighted by atomic mass is 9.78. The molecule has 0 aliphatic carbocycles. The summed E-state index contributed by atoms with van der Waals surface area (Å²) in [4.78, 5) is 0. The molecule has 0 bridgehead atoms. The molecule has 0 saturated heterocycles. The number of allylic oxidation sites excluding steroid dienone is 1. The summed E-state index contributed by atoms with van der Waals surface area (Å²) in [6, 6.07) is 0. The van der Waals surface area contributed by atoms with Gasteiger partial charge in [-0.3, -0.25) is 0 Å². The molecule has 0 unspecified atom stereocenters. The first kappa shape index (κ1) is 11.7. The Labute approximate surface area is 86.7 Å². The van der Waals surface area contributed by atoms with E-state index in [4.69, 9.17) is 0 Å². The standard InChI is InChI=1S/C9H16Br2/c1-7(2)9(3,4)6-5-8(10)11/h5,7H,6H2,1-4H3. The van der Waals surface area contributed by atoms with E-state index in [1.165, 1.54) is 0 Å². The summed E-state index contributed by atoms with van der Waals surface area (Å²) in [5.74, 6) is 0.720. The lowest BCUT2D eigenvalue weighted by Gasteiger charge is -2.27. The Balaban J connectivity index is 4.03. The maximum Gasteiger partial charge on any atom is 0.0564 e. The van der Waals surface area contributed by atoms with Gasteiger partial charge in [-0.15, -0.1) is 0 Å². The molecule has 11 heavy (non-hydrogen) atoms. The van der Waals surface area contributed by atoms with Crippen molar-refractivity contribution in [2.45, 2.75) is 34.1 Å². The highest BCUT2D eigenvalue weighted by molar-refractivity contribution is 9.28. The average Bonchev–Trinajstić information content (AvgIpc) is 1.84. The minimum atomic E-state index is 0.396. The molecular weight excluding hydrogens is 268 g/mol. The quantitative estimate of drug-likeness (QED) is 0.705. The van der Waals surface area contributed by atoms with Gasteiger partial charge in [-0.05, 0) is 49.6 Å². The predicted molar refractivity (Wildman–Crippen MR) is 59.2 cm³/mol. The van der Waals surface area contributed by atoms with E-state index in [-0.39, 0.29) is 0 Å². The van der Waals surface area contributed by atoms with Crippen LogP contribution < -0.4 is 0 Å². The molecule has 0 rings (SSSR count). The van der Waals surface area contributed by atoms with E-state index in [0.717, 1.165) is 15.7 Å². The summed E-state index contributed by atoms with van der Waals surface area (Å²) in [6.07, 6.45) is 3.27. The molecule has 2 heteroatoms. The van der Waals surface area contributed by atoms with Crippen molar-refractivity contribution in [1.29, 1.82) is 0 Å². The molecule has 0 N–H and O–H groups in total. The van der Waals surface area contributed by atoms with Crippen molar-refractivity contribution < 1.29 is 0 Å². The molecule has 0 spiro atoms. The van der Waals surface area contributed by atoms with Crippen LogP contribution in [0.1, 0.15) is 34.1 Å². The van der Waals surface area contributed by atoms with Crippen LogP contribution >= 0.6 is 31.9 Å². The third kappa shape index (κ3) is 5.02. The predicted octanol–water partition coefficient (Wildman–Crippen LogP) is 4.69. The maximum absolute atomic E-state index is 3.35. The number of hydrogen-bond donors (Lipinski definition) is 0. The molecule has 66 valence electrons. The van der Waals surface area contributed by atoms with Crippen LogP contribution in [0.4, 0.5) is 0 Å². The fourth-order valence-electron chi connectivity index (χ4n) is 0.576. The Morgan fingerprint density at radius 3 is 2.09 bits per heavy atom. The fraction of sp³-hybridized carbons (Fsp3) is 0.778. The van der Waals surface area contributed by atoms with Crippen LogP contribution in [-0.4, -0.2) is 0 Å². The van der Waals surface area contributed by atoms with Crippen molar-refractivity contribution in [3.05, 3.63) is 9.47 Å². The van der Waals surface area contributed by atoms with Gasteiger partial charge < -0.3 is 0 Å². The third-order valence-corrected chi connectivity index (χ3v) is 2.99. The summed E-state index contributed by atoms with van der Waals surface area (Å²) >= 11 is 6.71. The summed E-state index contributed by atoms with van der Waals surface area (Å²) in [6.45, 7) is 9.10.